The van der Waals surface area contributed by atoms with Crippen LogP contribution in [0.5, 0.6) is 0 Å². The Bertz CT molecular complexity index is 895. The van der Waals surface area contributed by atoms with Crippen LogP contribution in [0.3, 0.4) is 0 Å². The van der Waals surface area contributed by atoms with Crippen molar-refractivity contribution in [1.82, 2.24) is 9.55 Å². The summed E-state index contributed by atoms with van der Waals surface area (Å²) in [7, 11) is 0. The third-order valence-electron chi connectivity index (χ3n) is 3.49. The summed E-state index contributed by atoms with van der Waals surface area (Å²) in [6.45, 7) is 2.86. The van der Waals surface area contributed by atoms with Gasteiger partial charge in [-0.2, -0.15) is 0 Å². The number of hydrogen-bond donors (Lipinski definition) is 1. The van der Waals surface area contributed by atoms with Gasteiger partial charge in [-0.15, -0.1) is 0 Å². The lowest BCUT2D eigenvalue weighted by Gasteiger charge is -2.08. The Hall–Kier alpha value is -1.69. The van der Waals surface area contributed by atoms with Crippen molar-refractivity contribution in [3.8, 4) is 0 Å². The summed E-state index contributed by atoms with van der Waals surface area (Å²) in [5, 5.41) is 4.36. The van der Waals surface area contributed by atoms with Gasteiger partial charge in [0.2, 0.25) is 5.91 Å². The molecule has 24 heavy (non-hydrogen) atoms. The molecule has 4 nitrogen and oxygen atoms in total. The van der Waals surface area contributed by atoms with Gasteiger partial charge < -0.3 is 9.88 Å². The zero-order valence-corrected chi connectivity index (χ0v) is 15.3. The molecule has 0 saturated heterocycles. The summed E-state index contributed by atoms with van der Waals surface area (Å²) in [5.74, 6) is 0.0884. The predicted molar refractivity (Wildman–Crippen MR) is 101 cm³/mol. The Labute approximate surface area is 154 Å². The van der Waals surface area contributed by atoms with E-state index in [4.69, 9.17) is 23.2 Å². The molecule has 0 fully saturated rings. The van der Waals surface area contributed by atoms with Gasteiger partial charge in [0.1, 0.15) is 0 Å². The van der Waals surface area contributed by atoms with Crippen LogP contribution in [-0.4, -0.2) is 21.2 Å². The predicted octanol–water partition coefficient (Wildman–Crippen LogP) is 5.09. The van der Waals surface area contributed by atoms with E-state index >= 15 is 0 Å². The lowest BCUT2D eigenvalue weighted by atomic mass is 10.3. The molecule has 1 aromatic heterocycles. The van der Waals surface area contributed by atoms with Crippen molar-refractivity contribution in [2.75, 3.05) is 11.1 Å². The second-order valence-electron chi connectivity index (χ2n) is 5.07. The van der Waals surface area contributed by atoms with Crippen LogP contribution in [0.2, 0.25) is 10.0 Å². The molecule has 0 radical (unpaired) electrons. The second kappa shape index (κ2) is 7.47. The molecule has 1 amide bonds. The van der Waals surface area contributed by atoms with E-state index in [-0.39, 0.29) is 11.7 Å². The minimum Gasteiger partial charge on any atom is -0.324 e. The number of nitrogens with zero attached hydrogens (tertiary/aromatic N) is 2. The molecule has 1 heterocycles. The topological polar surface area (TPSA) is 46.9 Å². The van der Waals surface area contributed by atoms with E-state index in [0.29, 0.717) is 15.7 Å². The zero-order valence-electron chi connectivity index (χ0n) is 12.9. The van der Waals surface area contributed by atoms with Crippen LogP contribution in [0.25, 0.3) is 11.0 Å². The average Bonchev–Trinajstić information content (AvgIpc) is 2.94. The fraction of sp³-hybridized carbons (Fsp3) is 0.176. The van der Waals surface area contributed by atoms with Crippen molar-refractivity contribution in [1.29, 1.82) is 0 Å². The molecule has 0 aliphatic heterocycles. The number of carbonyl (C=O) groups is 1. The van der Waals surface area contributed by atoms with Crippen molar-refractivity contribution in [2.24, 2.45) is 0 Å². The van der Waals surface area contributed by atoms with E-state index in [0.717, 1.165) is 22.7 Å². The van der Waals surface area contributed by atoms with Crippen molar-refractivity contribution in [2.45, 2.75) is 18.6 Å². The van der Waals surface area contributed by atoms with Gasteiger partial charge in [0.25, 0.3) is 0 Å². The summed E-state index contributed by atoms with van der Waals surface area (Å²) in [6, 6.07) is 13.1. The van der Waals surface area contributed by atoms with Gasteiger partial charge in [-0.05, 0) is 31.2 Å². The first-order valence-corrected chi connectivity index (χ1v) is 9.16. The number of rotatable bonds is 5. The minimum atomic E-state index is -0.154. The zero-order chi connectivity index (χ0) is 17.1. The maximum atomic E-state index is 12.2. The first-order valence-electron chi connectivity index (χ1n) is 7.42. The highest BCUT2D eigenvalue weighted by atomic mass is 35.5. The number of amides is 1. The summed E-state index contributed by atoms with van der Waals surface area (Å²) < 4.78 is 2.10. The number of halogens is 2. The van der Waals surface area contributed by atoms with E-state index in [1.54, 1.807) is 18.2 Å². The number of thioether (sulfide) groups is 1. The molecule has 0 aliphatic rings. The van der Waals surface area contributed by atoms with E-state index < -0.39 is 0 Å². The fourth-order valence-corrected chi connectivity index (χ4v) is 3.61. The minimum absolute atomic E-state index is 0.154. The van der Waals surface area contributed by atoms with Crippen molar-refractivity contribution >= 4 is 57.6 Å². The maximum Gasteiger partial charge on any atom is 0.234 e. The standard InChI is InChI=1S/C17H15Cl2N3OS/c1-2-22-14-9-4-3-7-12(14)21-17(22)24-10-15(23)20-13-8-5-6-11(18)16(13)19/h3-9H,2,10H2,1H3,(H,20,23). The second-order valence-corrected chi connectivity index (χ2v) is 6.79. The Morgan fingerprint density at radius 3 is 2.79 bits per heavy atom. The third-order valence-corrected chi connectivity index (χ3v) is 5.29. The number of imidazole rings is 1. The molecule has 0 bridgehead atoms. The Morgan fingerprint density at radius 1 is 1.21 bits per heavy atom. The van der Waals surface area contributed by atoms with E-state index in [9.17, 15) is 4.79 Å². The average molecular weight is 380 g/mol. The lowest BCUT2D eigenvalue weighted by Crippen LogP contribution is -2.15. The molecule has 0 aliphatic carbocycles. The van der Waals surface area contributed by atoms with Gasteiger partial charge in [0, 0.05) is 6.54 Å². The van der Waals surface area contributed by atoms with Crippen LogP contribution in [0.15, 0.2) is 47.6 Å². The maximum absolute atomic E-state index is 12.2. The molecular weight excluding hydrogens is 365 g/mol. The Kier molecular flexibility index (Phi) is 5.33. The molecule has 3 aromatic rings. The number of fused-ring (bicyclic) bond motifs is 1. The Morgan fingerprint density at radius 2 is 2.00 bits per heavy atom. The van der Waals surface area contributed by atoms with Crippen LogP contribution < -0.4 is 5.32 Å². The third kappa shape index (κ3) is 3.53. The molecular formula is C17H15Cl2N3OS. The summed E-state index contributed by atoms with van der Waals surface area (Å²) in [6.07, 6.45) is 0. The number of aryl methyl sites for hydroxylation is 1. The summed E-state index contributed by atoms with van der Waals surface area (Å²) >= 11 is 13.4. The van der Waals surface area contributed by atoms with Crippen LogP contribution >= 0.6 is 35.0 Å². The monoisotopic (exact) mass is 379 g/mol. The van der Waals surface area contributed by atoms with Crippen LogP contribution in [0, 0.1) is 0 Å². The lowest BCUT2D eigenvalue weighted by molar-refractivity contribution is -0.113. The molecule has 0 saturated carbocycles. The highest BCUT2D eigenvalue weighted by Crippen LogP contribution is 2.30. The molecule has 0 unspecified atom stereocenters. The fourth-order valence-electron chi connectivity index (χ4n) is 2.39. The molecule has 0 spiro atoms. The summed E-state index contributed by atoms with van der Waals surface area (Å²) in [4.78, 5) is 16.8. The summed E-state index contributed by atoms with van der Waals surface area (Å²) in [5.41, 5.74) is 2.51. The molecule has 2 aromatic carbocycles. The molecule has 124 valence electrons. The number of carbonyl (C=O) groups excluding carboxylic acids is 1. The number of aromatic nitrogens is 2. The van der Waals surface area contributed by atoms with E-state index in [1.165, 1.54) is 11.8 Å². The van der Waals surface area contributed by atoms with Gasteiger partial charge >= 0.3 is 0 Å². The number of para-hydroxylation sites is 2. The number of nitrogens with one attached hydrogen (secondary N) is 1. The van der Waals surface area contributed by atoms with E-state index in [2.05, 4.69) is 21.8 Å². The van der Waals surface area contributed by atoms with Gasteiger partial charge in [-0.25, -0.2) is 4.98 Å². The SMILES string of the molecule is CCn1c(SCC(=O)Nc2cccc(Cl)c2Cl)nc2ccccc21. The Balaban J connectivity index is 1.71. The van der Waals surface area contributed by atoms with Gasteiger partial charge in [-0.1, -0.05) is 53.2 Å². The van der Waals surface area contributed by atoms with Crippen LogP contribution in [-0.2, 0) is 11.3 Å². The van der Waals surface area contributed by atoms with Gasteiger partial charge in [0.15, 0.2) is 5.16 Å². The van der Waals surface area contributed by atoms with Gasteiger partial charge in [-0.3, -0.25) is 4.79 Å². The van der Waals surface area contributed by atoms with Gasteiger partial charge in [0.05, 0.1) is 32.5 Å². The quantitative estimate of drug-likeness (QED) is 0.627. The highest BCUT2D eigenvalue weighted by Gasteiger charge is 2.13. The number of benzene rings is 2. The number of anilines is 1. The smallest absolute Gasteiger partial charge is 0.234 e. The van der Waals surface area contributed by atoms with Crippen molar-refractivity contribution in [3.63, 3.8) is 0 Å². The van der Waals surface area contributed by atoms with E-state index in [1.807, 2.05) is 24.3 Å². The molecule has 1 N–H and O–H groups in total. The highest BCUT2D eigenvalue weighted by molar-refractivity contribution is 7.99. The van der Waals surface area contributed by atoms with Crippen LogP contribution in [0.4, 0.5) is 5.69 Å². The molecule has 0 atom stereocenters. The molecule has 3 rings (SSSR count). The number of hydrogen-bond acceptors (Lipinski definition) is 3. The molecule has 7 heteroatoms. The van der Waals surface area contributed by atoms with Crippen molar-refractivity contribution in [3.05, 3.63) is 52.5 Å². The first kappa shape index (κ1) is 17.1. The largest absolute Gasteiger partial charge is 0.324 e. The first-order chi connectivity index (χ1) is 11.6. The van der Waals surface area contributed by atoms with Crippen LogP contribution in [0.1, 0.15) is 6.92 Å². The normalized spacial score (nSPS) is 11.0. The van der Waals surface area contributed by atoms with Crippen molar-refractivity contribution < 1.29 is 4.79 Å².